The van der Waals surface area contributed by atoms with E-state index in [9.17, 15) is 9.59 Å². The Bertz CT molecular complexity index is 503. The van der Waals surface area contributed by atoms with E-state index in [1.54, 1.807) is 12.1 Å². The largest absolute Gasteiger partial charge is 0.481 e. The fraction of sp³-hybridized carbons (Fsp3) is 0.571. The summed E-state index contributed by atoms with van der Waals surface area (Å²) in [7, 11) is 1.30. The highest BCUT2D eigenvalue weighted by Gasteiger charge is 2.22. The van der Waals surface area contributed by atoms with E-state index in [4.69, 9.17) is 5.11 Å². The average molecular weight is 293 g/mol. The van der Waals surface area contributed by atoms with Gasteiger partial charge in [0, 0.05) is 19.5 Å². The van der Waals surface area contributed by atoms with Gasteiger partial charge in [-0.1, -0.05) is 0 Å². The number of carbonyl (C=O) groups is 2. The summed E-state index contributed by atoms with van der Waals surface area (Å²) in [5, 5.41) is 16.7. The lowest BCUT2D eigenvalue weighted by molar-refractivity contribution is -0.137. The Morgan fingerprint density at radius 3 is 2.86 bits per heavy atom. The number of nitrogens with zero attached hydrogens (tertiary/aromatic N) is 3. The smallest absolute Gasteiger partial charge is 0.358 e. The molecule has 1 fully saturated rings. The van der Waals surface area contributed by atoms with E-state index in [1.807, 2.05) is 0 Å². The predicted molar refractivity (Wildman–Crippen MR) is 75.2 cm³/mol. The zero-order chi connectivity index (χ0) is 15.2. The van der Waals surface area contributed by atoms with Gasteiger partial charge >= 0.3 is 11.9 Å². The Hall–Kier alpha value is -2.18. The Labute approximate surface area is 122 Å². The van der Waals surface area contributed by atoms with Crippen LogP contribution in [0.3, 0.4) is 0 Å². The fourth-order valence-corrected chi connectivity index (χ4v) is 2.54. The van der Waals surface area contributed by atoms with E-state index in [0.29, 0.717) is 18.2 Å². The molecule has 1 saturated heterocycles. The van der Waals surface area contributed by atoms with Crippen molar-refractivity contribution in [3.8, 4) is 0 Å². The van der Waals surface area contributed by atoms with Gasteiger partial charge in [-0.15, -0.1) is 10.2 Å². The van der Waals surface area contributed by atoms with Gasteiger partial charge in [0.15, 0.2) is 11.5 Å². The number of carboxylic acid groups (broad SMARTS) is 1. The maximum Gasteiger partial charge on any atom is 0.358 e. The van der Waals surface area contributed by atoms with Crippen molar-refractivity contribution in [1.29, 1.82) is 0 Å². The van der Waals surface area contributed by atoms with Crippen molar-refractivity contribution in [1.82, 2.24) is 10.2 Å². The summed E-state index contributed by atoms with van der Waals surface area (Å²) in [6.07, 6.45) is 2.92. The number of methoxy groups -OCH3 is 1. The van der Waals surface area contributed by atoms with Crippen LogP contribution in [0.15, 0.2) is 12.1 Å². The number of carbonyl (C=O) groups excluding carboxylic acids is 1. The van der Waals surface area contributed by atoms with Crippen LogP contribution in [-0.4, -0.2) is 47.4 Å². The summed E-state index contributed by atoms with van der Waals surface area (Å²) >= 11 is 0. The molecule has 1 unspecified atom stereocenters. The van der Waals surface area contributed by atoms with E-state index in [-0.39, 0.29) is 12.1 Å². The number of hydrogen-bond acceptors (Lipinski definition) is 6. The van der Waals surface area contributed by atoms with Crippen LogP contribution in [-0.2, 0) is 9.53 Å². The summed E-state index contributed by atoms with van der Waals surface area (Å²) in [5.74, 6) is -0.194. The molecule has 2 heterocycles. The van der Waals surface area contributed by atoms with E-state index in [1.165, 1.54) is 7.11 Å². The van der Waals surface area contributed by atoms with Crippen LogP contribution in [0.4, 0.5) is 5.82 Å². The molecule has 0 amide bonds. The second kappa shape index (κ2) is 7.01. The lowest BCUT2D eigenvalue weighted by atomic mass is 9.93. The van der Waals surface area contributed by atoms with E-state index < -0.39 is 11.9 Å². The van der Waals surface area contributed by atoms with Crippen LogP contribution in [0.5, 0.6) is 0 Å². The van der Waals surface area contributed by atoms with Crippen molar-refractivity contribution in [2.24, 2.45) is 5.92 Å². The van der Waals surface area contributed by atoms with Crippen molar-refractivity contribution in [3.63, 3.8) is 0 Å². The predicted octanol–water partition coefficient (Wildman–Crippen LogP) is 1.34. The molecule has 0 spiro atoms. The monoisotopic (exact) mass is 293 g/mol. The number of anilines is 1. The van der Waals surface area contributed by atoms with Gasteiger partial charge in [0.05, 0.1) is 7.11 Å². The summed E-state index contributed by atoms with van der Waals surface area (Å²) in [6, 6.07) is 3.34. The SMILES string of the molecule is COC(=O)c1ccc(N2CCCC(CCC(=O)O)C2)nn1. The third kappa shape index (κ3) is 4.14. The van der Waals surface area contributed by atoms with Crippen LogP contribution in [0, 0.1) is 5.92 Å². The minimum Gasteiger partial charge on any atom is -0.481 e. The van der Waals surface area contributed by atoms with Crippen LogP contribution >= 0.6 is 0 Å². The van der Waals surface area contributed by atoms with E-state index in [2.05, 4.69) is 19.8 Å². The molecule has 0 saturated carbocycles. The van der Waals surface area contributed by atoms with Crippen LogP contribution < -0.4 is 4.90 Å². The normalized spacial score (nSPS) is 18.3. The zero-order valence-electron chi connectivity index (χ0n) is 12.0. The molecule has 0 bridgehead atoms. The lowest BCUT2D eigenvalue weighted by Gasteiger charge is -2.33. The van der Waals surface area contributed by atoms with Gasteiger partial charge < -0.3 is 14.7 Å². The quantitative estimate of drug-likeness (QED) is 0.819. The summed E-state index contributed by atoms with van der Waals surface area (Å²) < 4.78 is 4.58. The van der Waals surface area contributed by atoms with Crippen molar-refractivity contribution in [2.75, 3.05) is 25.1 Å². The molecule has 0 radical (unpaired) electrons. The van der Waals surface area contributed by atoms with Gasteiger partial charge in [-0.3, -0.25) is 4.79 Å². The highest BCUT2D eigenvalue weighted by molar-refractivity contribution is 5.86. The molecule has 21 heavy (non-hydrogen) atoms. The van der Waals surface area contributed by atoms with Crippen molar-refractivity contribution in [3.05, 3.63) is 17.8 Å². The third-order valence-corrected chi connectivity index (χ3v) is 3.65. The molecule has 0 aliphatic carbocycles. The number of aliphatic carboxylic acids is 1. The average Bonchev–Trinajstić information content (AvgIpc) is 2.52. The minimum atomic E-state index is -0.755. The summed E-state index contributed by atoms with van der Waals surface area (Å²) in [5.41, 5.74) is 0.181. The zero-order valence-corrected chi connectivity index (χ0v) is 12.0. The number of aromatic nitrogens is 2. The molecule has 7 nitrogen and oxygen atoms in total. The Kier molecular flexibility index (Phi) is 5.08. The number of esters is 1. The lowest BCUT2D eigenvalue weighted by Crippen LogP contribution is -2.36. The van der Waals surface area contributed by atoms with Gasteiger partial charge in [0.1, 0.15) is 0 Å². The minimum absolute atomic E-state index is 0.181. The molecular weight excluding hydrogens is 274 g/mol. The first-order chi connectivity index (χ1) is 10.1. The number of piperidine rings is 1. The molecule has 0 aromatic carbocycles. The molecule has 1 N–H and O–H groups in total. The molecule has 1 aromatic heterocycles. The Morgan fingerprint density at radius 2 is 2.24 bits per heavy atom. The Balaban J connectivity index is 1.97. The molecule has 114 valence electrons. The number of rotatable bonds is 5. The van der Waals surface area contributed by atoms with Gasteiger partial charge in [-0.25, -0.2) is 4.79 Å². The molecule has 1 aromatic rings. The molecule has 1 aliphatic heterocycles. The maximum atomic E-state index is 11.3. The van der Waals surface area contributed by atoms with Gasteiger partial charge in [0.2, 0.25) is 0 Å². The molecule has 1 aliphatic rings. The first-order valence-corrected chi connectivity index (χ1v) is 6.99. The van der Waals surface area contributed by atoms with Gasteiger partial charge in [0.25, 0.3) is 0 Å². The fourth-order valence-electron chi connectivity index (χ4n) is 2.54. The first-order valence-electron chi connectivity index (χ1n) is 6.99. The first kappa shape index (κ1) is 15.2. The highest BCUT2D eigenvalue weighted by Crippen LogP contribution is 2.24. The second-order valence-electron chi connectivity index (χ2n) is 5.16. The molecular formula is C14H19N3O4. The second-order valence-corrected chi connectivity index (χ2v) is 5.16. The molecule has 2 rings (SSSR count). The molecule has 7 heteroatoms. The van der Waals surface area contributed by atoms with Gasteiger partial charge in [-0.2, -0.15) is 0 Å². The van der Waals surface area contributed by atoms with Crippen LogP contribution in [0.25, 0.3) is 0 Å². The van der Waals surface area contributed by atoms with Crippen LogP contribution in [0.2, 0.25) is 0 Å². The summed E-state index contributed by atoms with van der Waals surface area (Å²) in [4.78, 5) is 24.0. The molecule has 1 atom stereocenters. The standard InChI is InChI=1S/C14H19N3O4/c1-21-14(20)11-5-6-12(16-15-11)17-8-2-3-10(9-17)4-7-13(18)19/h5-6,10H,2-4,7-9H2,1H3,(H,18,19). The number of ether oxygens (including phenoxy) is 1. The van der Waals surface area contributed by atoms with Crippen molar-refractivity contribution in [2.45, 2.75) is 25.7 Å². The maximum absolute atomic E-state index is 11.3. The van der Waals surface area contributed by atoms with Crippen molar-refractivity contribution < 1.29 is 19.4 Å². The highest BCUT2D eigenvalue weighted by atomic mass is 16.5. The number of hydrogen-bond donors (Lipinski definition) is 1. The third-order valence-electron chi connectivity index (χ3n) is 3.65. The number of carboxylic acids is 1. The van der Waals surface area contributed by atoms with Crippen molar-refractivity contribution >= 4 is 17.8 Å². The van der Waals surface area contributed by atoms with Gasteiger partial charge in [-0.05, 0) is 37.3 Å². The van der Waals surface area contributed by atoms with E-state index in [0.717, 1.165) is 25.9 Å². The van der Waals surface area contributed by atoms with E-state index >= 15 is 0 Å². The van der Waals surface area contributed by atoms with Crippen LogP contribution in [0.1, 0.15) is 36.2 Å². The Morgan fingerprint density at radius 1 is 1.43 bits per heavy atom. The topological polar surface area (TPSA) is 92.6 Å². The summed E-state index contributed by atoms with van der Waals surface area (Å²) in [6.45, 7) is 1.65.